The van der Waals surface area contributed by atoms with Crippen molar-refractivity contribution in [3.05, 3.63) is 71.0 Å². The third-order valence-corrected chi connectivity index (χ3v) is 5.55. The van der Waals surface area contributed by atoms with Gasteiger partial charge in [0.25, 0.3) is 5.91 Å². The van der Waals surface area contributed by atoms with E-state index >= 15 is 0 Å². The Bertz CT molecular complexity index is 867. The van der Waals surface area contributed by atoms with E-state index in [1.54, 1.807) is 11.0 Å². The van der Waals surface area contributed by atoms with E-state index in [0.29, 0.717) is 26.1 Å². The van der Waals surface area contributed by atoms with E-state index in [1.807, 2.05) is 35.2 Å². The van der Waals surface area contributed by atoms with Crippen LogP contribution in [0.4, 0.5) is 4.39 Å². The molecule has 1 atom stereocenters. The highest BCUT2D eigenvalue weighted by atomic mass is 19.1. The van der Waals surface area contributed by atoms with Gasteiger partial charge < -0.3 is 9.80 Å². The molecule has 5 heteroatoms. The quantitative estimate of drug-likeness (QED) is 0.823. The van der Waals surface area contributed by atoms with Crippen molar-refractivity contribution < 1.29 is 14.0 Å². The Kier molecular flexibility index (Phi) is 4.92. The van der Waals surface area contributed by atoms with Crippen molar-refractivity contribution in [3.8, 4) is 0 Å². The molecule has 0 unspecified atom stereocenters. The number of halogens is 1. The second-order valence-corrected chi connectivity index (χ2v) is 7.29. The Hall–Kier alpha value is -2.69. The van der Waals surface area contributed by atoms with E-state index in [1.165, 1.54) is 12.1 Å². The van der Waals surface area contributed by atoms with Crippen LogP contribution in [0.25, 0.3) is 0 Å². The number of likely N-dealkylation sites (tertiary alicyclic amines) is 1. The zero-order valence-corrected chi connectivity index (χ0v) is 15.2. The number of amides is 2. The summed E-state index contributed by atoms with van der Waals surface area (Å²) < 4.78 is 13.6. The molecule has 0 saturated carbocycles. The first-order valence-corrected chi connectivity index (χ1v) is 9.55. The first kappa shape index (κ1) is 17.7. The molecule has 4 rings (SSSR count). The lowest BCUT2D eigenvalue weighted by atomic mass is 9.95. The number of carbonyl (C=O) groups is 2. The molecule has 4 nitrogen and oxygen atoms in total. The van der Waals surface area contributed by atoms with Crippen LogP contribution in [0.2, 0.25) is 0 Å². The topological polar surface area (TPSA) is 40.6 Å². The molecule has 0 aromatic heterocycles. The number of benzene rings is 2. The van der Waals surface area contributed by atoms with E-state index in [2.05, 4.69) is 0 Å². The Morgan fingerprint density at radius 3 is 2.78 bits per heavy atom. The highest BCUT2D eigenvalue weighted by molar-refractivity contribution is 5.98. The van der Waals surface area contributed by atoms with Crippen LogP contribution in [-0.4, -0.2) is 34.7 Å². The van der Waals surface area contributed by atoms with Crippen molar-refractivity contribution in [3.63, 3.8) is 0 Å². The molecular weight excluding hydrogens is 343 g/mol. The number of fused-ring (bicyclic) bond motifs is 1. The number of rotatable bonds is 4. The molecule has 140 valence electrons. The van der Waals surface area contributed by atoms with Crippen LogP contribution in [-0.2, 0) is 11.3 Å². The maximum Gasteiger partial charge on any atom is 0.254 e. The zero-order chi connectivity index (χ0) is 18.8. The fourth-order valence-electron chi connectivity index (χ4n) is 4.16. The minimum atomic E-state index is -0.272. The highest BCUT2D eigenvalue weighted by Crippen LogP contribution is 2.32. The summed E-state index contributed by atoms with van der Waals surface area (Å²) in [6, 6.07) is 14.0. The van der Waals surface area contributed by atoms with Crippen molar-refractivity contribution in [2.75, 3.05) is 13.1 Å². The average molecular weight is 366 g/mol. The monoisotopic (exact) mass is 366 g/mol. The fourth-order valence-corrected chi connectivity index (χ4v) is 4.16. The van der Waals surface area contributed by atoms with Gasteiger partial charge in [-0.05, 0) is 48.6 Å². The summed E-state index contributed by atoms with van der Waals surface area (Å²) in [6.45, 7) is 1.67. The molecule has 2 aliphatic heterocycles. The lowest BCUT2D eigenvalue weighted by Gasteiger charge is -2.36. The summed E-state index contributed by atoms with van der Waals surface area (Å²) in [5, 5.41) is 0. The third kappa shape index (κ3) is 3.59. The van der Waals surface area contributed by atoms with Gasteiger partial charge in [-0.2, -0.15) is 0 Å². The van der Waals surface area contributed by atoms with E-state index in [9.17, 15) is 14.0 Å². The van der Waals surface area contributed by atoms with Crippen LogP contribution >= 0.6 is 0 Å². The SMILES string of the molecule is O=C1c2ccccc2CN1CCC(=O)N1CCCC[C@@H]1c1cccc(F)c1. The van der Waals surface area contributed by atoms with Crippen LogP contribution in [0, 0.1) is 5.82 Å². The van der Waals surface area contributed by atoms with Gasteiger partial charge in [0.1, 0.15) is 5.82 Å². The van der Waals surface area contributed by atoms with E-state index in [-0.39, 0.29) is 23.7 Å². The molecule has 2 amide bonds. The van der Waals surface area contributed by atoms with Crippen LogP contribution in [0.1, 0.15) is 53.2 Å². The van der Waals surface area contributed by atoms with Crippen LogP contribution in [0.5, 0.6) is 0 Å². The molecule has 0 radical (unpaired) electrons. The van der Waals surface area contributed by atoms with Crippen LogP contribution in [0.3, 0.4) is 0 Å². The fraction of sp³-hybridized carbons (Fsp3) is 0.364. The first-order chi connectivity index (χ1) is 13.1. The summed E-state index contributed by atoms with van der Waals surface area (Å²) in [5.74, 6) is -0.239. The van der Waals surface area contributed by atoms with Gasteiger partial charge >= 0.3 is 0 Å². The Balaban J connectivity index is 1.42. The zero-order valence-electron chi connectivity index (χ0n) is 15.2. The Labute approximate surface area is 158 Å². The third-order valence-electron chi connectivity index (χ3n) is 5.55. The maximum atomic E-state index is 13.6. The first-order valence-electron chi connectivity index (χ1n) is 9.55. The van der Waals surface area contributed by atoms with Gasteiger partial charge in [0, 0.05) is 31.6 Å². The predicted molar refractivity (Wildman–Crippen MR) is 101 cm³/mol. The van der Waals surface area contributed by atoms with Gasteiger partial charge in [0.15, 0.2) is 0 Å². The van der Waals surface area contributed by atoms with Crippen molar-refractivity contribution in [2.24, 2.45) is 0 Å². The number of hydrogen-bond donors (Lipinski definition) is 0. The van der Waals surface area contributed by atoms with Crippen molar-refractivity contribution in [1.29, 1.82) is 0 Å². The summed E-state index contributed by atoms with van der Waals surface area (Å²) in [7, 11) is 0. The van der Waals surface area contributed by atoms with Crippen LogP contribution in [0.15, 0.2) is 48.5 Å². The number of carbonyl (C=O) groups excluding carboxylic acids is 2. The largest absolute Gasteiger partial charge is 0.336 e. The highest BCUT2D eigenvalue weighted by Gasteiger charge is 2.30. The minimum Gasteiger partial charge on any atom is -0.336 e. The van der Waals surface area contributed by atoms with Gasteiger partial charge in [-0.25, -0.2) is 4.39 Å². The molecule has 0 bridgehead atoms. The van der Waals surface area contributed by atoms with Crippen molar-refractivity contribution in [2.45, 2.75) is 38.3 Å². The smallest absolute Gasteiger partial charge is 0.254 e. The normalized spacial score (nSPS) is 19.3. The second-order valence-electron chi connectivity index (χ2n) is 7.29. The van der Waals surface area contributed by atoms with Gasteiger partial charge in [0.2, 0.25) is 5.91 Å². The van der Waals surface area contributed by atoms with Gasteiger partial charge in [-0.15, -0.1) is 0 Å². The molecule has 2 aliphatic rings. The number of hydrogen-bond acceptors (Lipinski definition) is 2. The van der Waals surface area contributed by atoms with E-state index in [0.717, 1.165) is 36.0 Å². The van der Waals surface area contributed by atoms with Gasteiger partial charge in [-0.3, -0.25) is 9.59 Å². The van der Waals surface area contributed by atoms with Crippen molar-refractivity contribution >= 4 is 11.8 Å². The molecule has 0 spiro atoms. The molecule has 1 saturated heterocycles. The molecule has 0 aliphatic carbocycles. The molecule has 0 N–H and O–H groups in total. The Morgan fingerprint density at radius 2 is 1.96 bits per heavy atom. The molecular formula is C22H23FN2O2. The summed E-state index contributed by atoms with van der Waals surface area (Å²) >= 11 is 0. The molecule has 27 heavy (non-hydrogen) atoms. The lowest BCUT2D eigenvalue weighted by Crippen LogP contribution is -2.40. The van der Waals surface area contributed by atoms with Crippen molar-refractivity contribution in [1.82, 2.24) is 9.80 Å². The molecule has 2 aromatic carbocycles. The predicted octanol–water partition coefficient (Wildman–Crippen LogP) is 3.93. The summed E-state index contributed by atoms with van der Waals surface area (Å²) in [6.07, 6.45) is 3.14. The number of nitrogens with zero attached hydrogens (tertiary/aromatic N) is 2. The molecule has 2 heterocycles. The maximum absolute atomic E-state index is 13.6. The Morgan fingerprint density at radius 1 is 1.11 bits per heavy atom. The van der Waals surface area contributed by atoms with Gasteiger partial charge in [-0.1, -0.05) is 30.3 Å². The van der Waals surface area contributed by atoms with Crippen LogP contribution < -0.4 is 0 Å². The minimum absolute atomic E-state index is 0.00118. The van der Waals surface area contributed by atoms with E-state index in [4.69, 9.17) is 0 Å². The number of piperidine rings is 1. The standard InChI is InChI=1S/C22H23FN2O2/c23-18-8-5-7-16(14-18)20-10-3-4-12-25(20)21(26)11-13-24-15-17-6-1-2-9-19(17)22(24)27/h1-2,5-9,14,20H,3-4,10-13,15H2/t20-/m1/s1. The second kappa shape index (κ2) is 7.51. The van der Waals surface area contributed by atoms with Gasteiger partial charge in [0.05, 0.1) is 6.04 Å². The molecule has 2 aromatic rings. The summed E-state index contributed by atoms with van der Waals surface area (Å²) in [4.78, 5) is 29.0. The lowest BCUT2D eigenvalue weighted by molar-refractivity contribution is -0.135. The summed E-state index contributed by atoms with van der Waals surface area (Å²) in [5.41, 5.74) is 2.61. The van der Waals surface area contributed by atoms with E-state index < -0.39 is 0 Å². The molecule has 1 fully saturated rings. The average Bonchev–Trinajstić information content (AvgIpc) is 3.02.